The lowest BCUT2D eigenvalue weighted by Crippen LogP contribution is -2.29. The number of anilines is 2. The zero-order valence-corrected chi connectivity index (χ0v) is 37.5. The molecule has 0 unspecified atom stereocenters. The number of benzene rings is 12. The maximum Gasteiger partial charge on any atom is 0.0714 e. The predicted octanol–water partition coefficient (Wildman–Crippen LogP) is 17.8. The van der Waals surface area contributed by atoms with Gasteiger partial charge in [-0.25, -0.2) is 0 Å². The van der Waals surface area contributed by atoms with Crippen molar-refractivity contribution in [1.29, 1.82) is 0 Å². The molecule has 0 N–H and O–H groups in total. The zero-order valence-electron chi connectivity index (χ0n) is 45.5. The van der Waals surface area contributed by atoms with E-state index in [1.807, 2.05) is 158 Å². The third kappa shape index (κ3) is 6.93. The van der Waals surface area contributed by atoms with Gasteiger partial charge in [0.2, 0.25) is 0 Å². The fourth-order valence-electron chi connectivity index (χ4n) is 10.7. The second kappa shape index (κ2) is 16.8. The van der Waals surface area contributed by atoms with E-state index in [4.69, 9.17) is 0 Å². The predicted molar refractivity (Wildman–Crippen MR) is 291 cm³/mol. The Balaban J connectivity index is 1.01. The van der Waals surface area contributed by atoms with Gasteiger partial charge in [-0.1, -0.05) is 236 Å². The molecular formula is C68H47N. The highest BCUT2D eigenvalue weighted by Gasteiger charge is 2.46. The maximum atomic E-state index is 9.92. The molecule has 13 rings (SSSR count). The molecule has 0 fully saturated rings. The van der Waals surface area contributed by atoms with Crippen LogP contribution < -0.4 is 4.90 Å². The SMILES string of the molecule is [2H]c1c([2H])c(-c2cccc(-c3cccc4ccccc34)c2)c([2H])c([2H])c1CN(c1ccc2c(c1)C(c1ccccc1)(c1ccccc1)c1ccccc1-2)c1c([2H])c([2H])c(-c2ccc3c(ccc4ccccc43)c2)c([2H])c1[2H]. The number of nitrogens with zero attached hydrogens (tertiary/aromatic N) is 1. The molecule has 0 saturated carbocycles. The normalized spacial score (nSPS) is 14.1. The molecular weight excluding hydrogens is 831 g/mol. The number of hydrogen-bond donors (Lipinski definition) is 0. The molecule has 1 nitrogen and oxygen atoms in total. The molecule has 0 spiro atoms. The van der Waals surface area contributed by atoms with Gasteiger partial charge >= 0.3 is 0 Å². The van der Waals surface area contributed by atoms with Gasteiger partial charge in [-0.2, -0.15) is 0 Å². The second-order valence-electron chi connectivity index (χ2n) is 17.8. The molecule has 0 atom stereocenters. The Hall–Kier alpha value is -8.78. The lowest BCUT2D eigenvalue weighted by Gasteiger charge is -2.35. The molecule has 1 aliphatic carbocycles. The summed E-state index contributed by atoms with van der Waals surface area (Å²) >= 11 is 0. The van der Waals surface area contributed by atoms with E-state index in [-0.39, 0.29) is 77.3 Å². The summed E-state index contributed by atoms with van der Waals surface area (Å²) in [5.41, 5.74) is 8.94. The Bertz CT molecular complexity index is 4260. The Morgan fingerprint density at radius 3 is 1.64 bits per heavy atom. The van der Waals surface area contributed by atoms with E-state index in [1.165, 1.54) is 0 Å². The van der Waals surface area contributed by atoms with Crippen LogP contribution in [0.2, 0.25) is 0 Å². The van der Waals surface area contributed by atoms with Gasteiger partial charge in [0.25, 0.3) is 0 Å². The lowest BCUT2D eigenvalue weighted by molar-refractivity contribution is 0.767. The van der Waals surface area contributed by atoms with Crippen LogP contribution in [0.1, 0.15) is 38.8 Å². The molecule has 0 bridgehead atoms. The molecule has 0 saturated heterocycles. The summed E-state index contributed by atoms with van der Waals surface area (Å²) in [6.45, 7) is -0.319. The summed E-state index contributed by atoms with van der Waals surface area (Å²) in [7, 11) is 0. The summed E-state index contributed by atoms with van der Waals surface area (Å²) in [6.07, 6.45) is 0. The second-order valence-corrected chi connectivity index (χ2v) is 17.8. The molecule has 0 aromatic heterocycles. The summed E-state index contributed by atoms with van der Waals surface area (Å²) in [6, 6.07) is 72.6. The summed E-state index contributed by atoms with van der Waals surface area (Å²) < 4.78 is 78.0. The Labute approximate surface area is 415 Å². The first kappa shape index (κ1) is 32.8. The van der Waals surface area contributed by atoms with Crippen molar-refractivity contribution >= 4 is 43.7 Å². The van der Waals surface area contributed by atoms with Crippen LogP contribution in [0.25, 0.3) is 76.8 Å². The van der Waals surface area contributed by atoms with E-state index in [2.05, 4.69) is 66.7 Å². The monoisotopic (exact) mass is 885 g/mol. The average Bonchev–Trinajstić information content (AvgIpc) is 3.88. The van der Waals surface area contributed by atoms with Crippen molar-refractivity contribution in [3.05, 3.63) is 301 Å². The minimum Gasteiger partial charge on any atom is -0.337 e. The molecule has 69 heavy (non-hydrogen) atoms. The summed E-state index contributed by atoms with van der Waals surface area (Å²) in [5, 5.41) is 6.19. The summed E-state index contributed by atoms with van der Waals surface area (Å²) in [5.74, 6) is 0. The fourth-order valence-corrected chi connectivity index (χ4v) is 10.7. The first-order valence-electron chi connectivity index (χ1n) is 27.4. The van der Waals surface area contributed by atoms with Gasteiger partial charge in [0.15, 0.2) is 0 Å². The smallest absolute Gasteiger partial charge is 0.0714 e. The van der Waals surface area contributed by atoms with E-state index in [1.54, 1.807) is 4.90 Å². The number of hydrogen-bond acceptors (Lipinski definition) is 1. The van der Waals surface area contributed by atoms with Gasteiger partial charge in [-0.05, 0) is 141 Å². The molecule has 1 heteroatoms. The van der Waals surface area contributed by atoms with Crippen LogP contribution in [0.15, 0.2) is 273 Å². The van der Waals surface area contributed by atoms with Crippen LogP contribution in [0.3, 0.4) is 0 Å². The first-order chi connectivity index (χ1) is 37.5. The average molecular weight is 886 g/mol. The fraction of sp³-hybridized carbons (Fsp3) is 0.0294. The Morgan fingerprint density at radius 2 is 0.870 bits per heavy atom. The van der Waals surface area contributed by atoms with Crippen LogP contribution >= 0.6 is 0 Å². The van der Waals surface area contributed by atoms with Crippen molar-refractivity contribution in [1.82, 2.24) is 0 Å². The van der Waals surface area contributed by atoms with Gasteiger partial charge in [-0.15, -0.1) is 0 Å². The van der Waals surface area contributed by atoms with E-state index in [0.29, 0.717) is 16.8 Å². The molecule has 0 heterocycles. The van der Waals surface area contributed by atoms with Crippen LogP contribution in [-0.2, 0) is 12.0 Å². The topological polar surface area (TPSA) is 3.24 Å². The molecule has 0 aliphatic heterocycles. The minimum atomic E-state index is -0.831. The van der Waals surface area contributed by atoms with Crippen molar-refractivity contribution < 1.29 is 11.0 Å². The third-order valence-electron chi connectivity index (χ3n) is 13.9. The maximum absolute atomic E-state index is 9.92. The minimum absolute atomic E-state index is 0.0396. The molecule has 0 amide bonds. The number of fused-ring (bicyclic) bond motifs is 7. The third-order valence-corrected chi connectivity index (χ3v) is 13.9. The van der Waals surface area contributed by atoms with Crippen molar-refractivity contribution in [3.63, 3.8) is 0 Å². The molecule has 1 aliphatic rings. The first-order valence-corrected chi connectivity index (χ1v) is 23.4. The van der Waals surface area contributed by atoms with Crippen LogP contribution in [0.5, 0.6) is 0 Å². The molecule has 0 radical (unpaired) electrons. The van der Waals surface area contributed by atoms with Crippen LogP contribution in [0.4, 0.5) is 11.4 Å². The van der Waals surface area contributed by atoms with Crippen LogP contribution in [-0.4, -0.2) is 0 Å². The van der Waals surface area contributed by atoms with Gasteiger partial charge in [0, 0.05) is 17.9 Å². The van der Waals surface area contributed by atoms with Crippen molar-refractivity contribution in [2.45, 2.75) is 12.0 Å². The lowest BCUT2D eigenvalue weighted by atomic mass is 9.67. The Morgan fingerprint density at radius 1 is 0.319 bits per heavy atom. The van der Waals surface area contributed by atoms with E-state index >= 15 is 0 Å². The molecule has 324 valence electrons. The van der Waals surface area contributed by atoms with Gasteiger partial charge in [-0.3, -0.25) is 0 Å². The Kier molecular flexibility index (Phi) is 8.00. The molecule has 12 aromatic carbocycles. The van der Waals surface area contributed by atoms with Crippen molar-refractivity contribution in [3.8, 4) is 44.5 Å². The number of rotatable bonds is 9. The summed E-state index contributed by atoms with van der Waals surface area (Å²) in [4.78, 5) is 1.66. The van der Waals surface area contributed by atoms with Gasteiger partial charge in [0.05, 0.1) is 16.4 Å². The zero-order chi connectivity index (χ0) is 52.7. The van der Waals surface area contributed by atoms with E-state index in [9.17, 15) is 11.0 Å². The quantitative estimate of drug-likeness (QED) is 0.131. The highest BCUT2D eigenvalue weighted by atomic mass is 15.1. The van der Waals surface area contributed by atoms with Crippen LogP contribution in [0, 0.1) is 0 Å². The molecule has 12 aromatic rings. The highest BCUT2D eigenvalue weighted by Crippen LogP contribution is 2.57. The highest BCUT2D eigenvalue weighted by molar-refractivity contribution is 6.08. The van der Waals surface area contributed by atoms with Gasteiger partial charge in [0.1, 0.15) is 0 Å². The van der Waals surface area contributed by atoms with E-state index < -0.39 is 5.41 Å². The largest absolute Gasteiger partial charge is 0.337 e. The van der Waals surface area contributed by atoms with E-state index in [0.717, 1.165) is 76.8 Å². The van der Waals surface area contributed by atoms with Crippen molar-refractivity contribution in [2.75, 3.05) is 4.90 Å². The standard InChI is InChI=1S/C68H47N/c1-3-20-56(21-4-1)68(57-22-5-2-6-23-57)66-28-12-11-26-64(66)65-42-40-59(45-67(65)68)69(58-38-35-49(36-39-58)53-37-41-63-55(44-53)34-33-51-16-8-10-25-61(51)63)46-47-29-31-48(32-30-47)52-18-13-19-54(43-52)62-27-14-17-50-15-7-9-24-60(50)62/h1-45H,46H2/i29D,30D,31D,32D,35D,36D,38D,39D. The van der Waals surface area contributed by atoms with Crippen molar-refractivity contribution in [2.24, 2.45) is 0 Å². The van der Waals surface area contributed by atoms with Gasteiger partial charge < -0.3 is 4.90 Å².